The van der Waals surface area contributed by atoms with Crippen molar-refractivity contribution < 1.29 is 26.7 Å². The van der Waals surface area contributed by atoms with Crippen LogP contribution in [0.1, 0.15) is 43.6 Å². The van der Waals surface area contributed by atoms with Crippen molar-refractivity contribution in [2.75, 3.05) is 26.2 Å². The molecule has 5 rings (SSSR count). The maximum absolute atomic E-state index is 15.7. The van der Waals surface area contributed by atoms with Crippen molar-refractivity contribution in [1.82, 2.24) is 14.8 Å². The van der Waals surface area contributed by atoms with E-state index in [9.17, 15) is 13.2 Å². The Morgan fingerprint density at radius 3 is 2.46 bits per heavy atom. The minimum absolute atomic E-state index is 0.00337. The summed E-state index contributed by atoms with van der Waals surface area (Å²) in [5.74, 6) is -1.52. The number of benzene rings is 2. The number of nitrogens with one attached hydrogen (secondary N) is 1. The second-order valence-corrected chi connectivity index (χ2v) is 10.7. The third kappa shape index (κ3) is 5.25. The van der Waals surface area contributed by atoms with E-state index >= 15 is 8.78 Å². The molecule has 2 aromatic carbocycles. The van der Waals surface area contributed by atoms with Crippen molar-refractivity contribution in [3.63, 3.8) is 0 Å². The lowest BCUT2D eigenvalue weighted by atomic mass is 9.87. The van der Waals surface area contributed by atoms with E-state index in [4.69, 9.17) is 4.74 Å². The van der Waals surface area contributed by atoms with E-state index in [0.29, 0.717) is 25.2 Å². The fourth-order valence-electron chi connectivity index (χ4n) is 5.53. The van der Waals surface area contributed by atoms with E-state index in [1.807, 2.05) is 36.1 Å². The highest BCUT2D eigenvalue weighted by atomic mass is 19.3. The largest absolute Gasteiger partial charge is 0.488 e. The Balaban J connectivity index is 1.48. The smallest absolute Gasteiger partial charge is 0.267 e. The maximum Gasteiger partial charge on any atom is 0.267 e. The molecule has 0 unspecified atom stereocenters. The lowest BCUT2D eigenvalue weighted by Gasteiger charge is -2.43. The number of aromatic amines is 1. The van der Waals surface area contributed by atoms with E-state index in [1.165, 1.54) is 13.8 Å². The molecule has 1 N–H and O–H groups in total. The van der Waals surface area contributed by atoms with Crippen LogP contribution in [-0.4, -0.2) is 58.8 Å². The number of likely N-dealkylation sites (tertiary alicyclic amines) is 1. The van der Waals surface area contributed by atoms with Crippen LogP contribution in [0.2, 0.25) is 0 Å². The topological polar surface area (TPSA) is 31.5 Å². The van der Waals surface area contributed by atoms with Gasteiger partial charge in [-0.15, -0.1) is 0 Å². The van der Waals surface area contributed by atoms with Gasteiger partial charge in [-0.1, -0.05) is 18.2 Å². The molecule has 2 aliphatic heterocycles. The third-order valence-electron chi connectivity index (χ3n) is 7.13. The predicted octanol–water partition coefficient (Wildman–Crippen LogP) is 6.37. The first kappa shape index (κ1) is 25.7. The van der Waals surface area contributed by atoms with Gasteiger partial charge in [0.05, 0.1) is 6.04 Å². The first-order valence-corrected chi connectivity index (χ1v) is 12.4. The number of fused-ring (bicyclic) bond motifs is 3. The summed E-state index contributed by atoms with van der Waals surface area (Å²) in [4.78, 5) is 6.91. The molecule has 2 atom stereocenters. The molecule has 0 saturated carbocycles. The Morgan fingerprint density at radius 2 is 1.81 bits per heavy atom. The van der Waals surface area contributed by atoms with Crippen molar-refractivity contribution in [1.29, 1.82) is 0 Å². The molecule has 0 bridgehead atoms. The molecule has 9 heteroatoms. The lowest BCUT2D eigenvalue weighted by molar-refractivity contribution is 0.0270. The summed E-state index contributed by atoms with van der Waals surface area (Å²) < 4.78 is 76.5. The number of ether oxygens (including phenoxy) is 1. The third-order valence-corrected chi connectivity index (χ3v) is 7.13. The SMILES string of the molecule is C[C@@H]1Cc2c([nH]c3ccccc23)[C@@H](c2c(F)cc(OC3CN(CC=C(F)F)C3)cc2F)N1CC(C)(C)F. The van der Waals surface area contributed by atoms with Gasteiger partial charge in [0.15, 0.2) is 0 Å². The van der Waals surface area contributed by atoms with E-state index in [2.05, 4.69) is 4.98 Å². The molecular weight excluding hydrogens is 489 g/mol. The summed E-state index contributed by atoms with van der Waals surface area (Å²) in [6.45, 7) is 5.72. The number of nitrogens with zero attached hydrogens (tertiary/aromatic N) is 2. The zero-order chi connectivity index (χ0) is 26.5. The molecule has 2 aliphatic rings. The molecule has 3 heterocycles. The highest BCUT2D eigenvalue weighted by molar-refractivity contribution is 5.85. The van der Waals surface area contributed by atoms with E-state index in [1.54, 1.807) is 4.90 Å². The van der Waals surface area contributed by atoms with Crippen LogP contribution >= 0.6 is 0 Å². The second-order valence-electron chi connectivity index (χ2n) is 10.7. The van der Waals surface area contributed by atoms with Gasteiger partial charge in [0.25, 0.3) is 6.08 Å². The number of halogens is 5. The molecule has 1 saturated heterocycles. The average Bonchev–Trinajstić information content (AvgIpc) is 3.13. The summed E-state index contributed by atoms with van der Waals surface area (Å²) in [5, 5.41) is 0.992. The minimum atomic E-state index is -1.75. The van der Waals surface area contributed by atoms with Gasteiger partial charge in [0.2, 0.25) is 0 Å². The van der Waals surface area contributed by atoms with Gasteiger partial charge in [-0.05, 0) is 44.9 Å². The number of hydrogen-bond acceptors (Lipinski definition) is 3. The Kier molecular flexibility index (Phi) is 6.79. The van der Waals surface area contributed by atoms with Gasteiger partial charge >= 0.3 is 0 Å². The number of alkyl halides is 1. The first-order valence-electron chi connectivity index (χ1n) is 12.4. The van der Waals surface area contributed by atoms with E-state index in [0.717, 1.165) is 34.7 Å². The van der Waals surface area contributed by atoms with Gasteiger partial charge in [-0.25, -0.2) is 13.2 Å². The molecule has 0 spiro atoms. The Morgan fingerprint density at radius 1 is 1.14 bits per heavy atom. The van der Waals surface area contributed by atoms with Crippen molar-refractivity contribution >= 4 is 10.9 Å². The summed E-state index contributed by atoms with van der Waals surface area (Å²) in [6.07, 6.45) is -0.655. The number of para-hydroxylation sites is 1. The summed E-state index contributed by atoms with van der Waals surface area (Å²) >= 11 is 0. The van der Waals surface area contributed by atoms with Gasteiger partial charge in [0.1, 0.15) is 29.2 Å². The van der Waals surface area contributed by atoms with Crippen LogP contribution < -0.4 is 4.74 Å². The standard InChI is InChI=1S/C28H30F5N3O/c1-16-10-20-19-6-4-5-7-23(19)34-26(20)27(36(16)15-28(2,3)33)25-21(29)11-17(12-22(25)30)37-18-13-35(14-18)9-8-24(31)32/h4-8,11-12,16,18,27,34H,9-10,13-15H2,1-3H3/t16-,27-/m1/s1. The quantitative estimate of drug-likeness (QED) is 0.368. The Hall–Kier alpha value is -2.91. The van der Waals surface area contributed by atoms with Gasteiger partial charge in [0, 0.05) is 66.5 Å². The highest BCUT2D eigenvalue weighted by Crippen LogP contribution is 2.43. The minimum Gasteiger partial charge on any atom is -0.488 e. The Labute approximate surface area is 212 Å². The molecule has 37 heavy (non-hydrogen) atoms. The van der Waals surface area contributed by atoms with E-state index < -0.39 is 29.4 Å². The predicted molar refractivity (Wildman–Crippen MR) is 133 cm³/mol. The molecular formula is C28H30F5N3O. The molecule has 0 amide bonds. The highest BCUT2D eigenvalue weighted by Gasteiger charge is 2.41. The summed E-state index contributed by atoms with van der Waals surface area (Å²) in [6, 6.07) is 9.01. The van der Waals surface area contributed by atoms with Crippen LogP contribution in [0.15, 0.2) is 48.6 Å². The zero-order valence-electron chi connectivity index (χ0n) is 21.0. The van der Waals surface area contributed by atoms with Crippen LogP contribution in [0.3, 0.4) is 0 Å². The fraction of sp³-hybridized carbons (Fsp3) is 0.429. The normalized spacial score (nSPS) is 21.1. The van der Waals surface area contributed by atoms with Crippen LogP contribution in [0, 0.1) is 11.6 Å². The molecule has 1 aromatic heterocycles. The van der Waals surface area contributed by atoms with Gasteiger partial charge in [-0.2, -0.15) is 8.78 Å². The fourth-order valence-corrected chi connectivity index (χ4v) is 5.53. The number of aromatic nitrogens is 1. The first-order chi connectivity index (χ1) is 17.5. The maximum atomic E-state index is 15.7. The van der Waals surface area contributed by atoms with Crippen LogP contribution in [0.5, 0.6) is 5.75 Å². The van der Waals surface area contributed by atoms with Gasteiger partial charge in [-0.3, -0.25) is 9.80 Å². The van der Waals surface area contributed by atoms with Crippen molar-refractivity contribution in [3.05, 3.63) is 77.0 Å². The molecule has 198 valence electrons. The lowest BCUT2D eigenvalue weighted by Crippen LogP contribution is -2.53. The zero-order valence-corrected chi connectivity index (χ0v) is 21.0. The second kappa shape index (κ2) is 9.76. The van der Waals surface area contributed by atoms with Crippen molar-refractivity contribution in [2.24, 2.45) is 0 Å². The Bertz CT molecular complexity index is 1300. The van der Waals surface area contributed by atoms with Gasteiger partial charge < -0.3 is 9.72 Å². The van der Waals surface area contributed by atoms with Crippen LogP contribution in [0.25, 0.3) is 10.9 Å². The van der Waals surface area contributed by atoms with Crippen molar-refractivity contribution in [2.45, 2.75) is 51.0 Å². The number of rotatable bonds is 7. The summed E-state index contributed by atoms with van der Waals surface area (Å²) in [7, 11) is 0. The number of hydrogen-bond donors (Lipinski definition) is 1. The van der Waals surface area contributed by atoms with Crippen LogP contribution in [-0.2, 0) is 6.42 Å². The van der Waals surface area contributed by atoms with Crippen LogP contribution in [0.4, 0.5) is 22.0 Å². The summed E-state index contributed by atoms with van der Waals surface area (Å²) in [5.41, 5.74) is 0.771. The van der Waals surface area contributed by atoms with Crippen molar-refractivity contribution in [3.8, 4) is 5.75 Å². The molecule has 1 fully saturated rings. The number of H-pyrrole nitrogens is 1. The van der Waals surface area contributed by atoms with E-state index in [-0.39, 0.29) is 36.5 Å². The average molecular weight is 520 g/mol. The molecule has 3 aromatic rings. The molecule has 4 nitrogen and oxygen atoms in total. The monoisotopic (exact) mass is 519 g/mol. The molecule has 0 radical (unpaired) electrons. The molecule has 0 aliphatic carbocycles.